The zero-order valence-electron chi connectivity index (χ0n) is 10.6. The van der Waals surface area contributed by atoms with Crippen molar-refractivity contribution in [3.8, 4) is 0 Å². The molecule has 0 aliphatic rings. The first kappa shape index (κ1) is 14.6. The summed E-state index contributed by atoms with van der Waals surface area (Å²) in [5, 5.41) is 3.03. The van der Waals surface area contributed by atoms with E-state index in [-0.39, 0.29) is 6.54 Å². The van der Waals surface area contributed by atoms with Crippen LogP contribution in [0.15, 0.2) is 22.0 Å². The Morgan fingerprint density at radius 1 is 1.37 bits per heavy atom. The van der Waals surface area contributed by atoms with Crippen molar-refractivity contribution in [2.45, 2.75) is 24.2 Å². The largest absolute Gasteiger partial charge is 0.315 e. The summed E-state index contributed by atoms with van der Waals surface area (Å²) in [7, 11) is -1.59. The van der Waals surface area contributed by atoms with Gasteiger partial charge < -0.3 is 5.32 Å². The van der Waals surface area contributed by atoms with Crippen LogP contribution in [0.1, 0.15) is 15.3 Å². The Hall–Kier alpha value is -0.800. The Morgan fingerprint density at radius 3 is 2.79 bits per heavy atom. The van der Waals surface area contributed by atoms with Crippen molar-refractivity contribution in [3.05, 3.63) is 33.1 Å². The number of nitrogens with one attached hydrogen (secondary N) is 2. The van der Waals surface area contributed by atoms with Crippen LogP contribution in [-0.2, 0) is 23.1 Å². The second-order valence-corrected chi connectivity index (χ2v) is 8.10. The summed E-state index contributed by atoms with van der Waals surface area (Å²) in [5.74, 6) is 0. The van der Waals surface area contributed by atoms with E-state index < -0.39 is 10.0 Å². The van der Waals surface area contributed by atoms with Crippen LogP contribution in [0.4, 0.5) is 0 Å². The third-order valence-corrected chi connectivity index (χ3v) is 6.41. The van der Waals surface area contributed by atoms with Crippen LogP contribution >= 0.6 is 22.7 Å². The summed E-state index contributed by atoms with van der Waals surface area (Å²) in [6, 6.07) is 1.71. The molecule has 0 unspecified atom stereocenters. The predicted molar refractivity (Wildman–Crippen MR) is 78.0 cm³/mol. The van der Waals surface area contributed by atoms with E-state index in [4.69, 9.17) is 0 Å². The molecular weight excluding hydrogens is 302 g/mol. The molecule has 2 rings (SSSR count). The van der Waals surface area contributed by atoms with E-state index in [2.05, 4.69) is 15.0 Å². The highest BCUT2D eigenvalue weighted by Gasteiger charge is 2.18. The number of aromatic nitrogens is 1. The molecule has 8 heteroatoms. The van der Waals surface area contributed by atoms with Gasteiger partial charge in [0, 0.05) is 29.0 Å². The summed E-state index contributed by atoms with van der Waals surface area (Å²) in [6.45, 7) is 2.89. The molecule has 104 valence electrons. The van der Waals surface area contributed by atoms with Crippen LogP contribution in [0.3, 0.4) is 0 Å². The summed E-state index contributed by atoms with van der Waals surface area (Å²) in [4.78, 5) is 5.85. The Morgan fingerprint density at radius 2 is 2.16 bits per heavy atom. The van der Waals surface area contributed by atoms with E-state index in [1.54, 1.807) is 17.8 Å². The lowest BCUT2D eigenvalue weighted by molar-refractivity contribution is 0.584. The number of nitrogens with zero attached hydrogens (tertiary/aromatic N) is 1. The van der Waals surface area contributed by atoms with Gasteiger partial charge in [-0.25, -0.2) is 13.1 Å². The van der Waals surface area contributed by atoms with Gasteiger partial charge in [0.1, 0.15) is 4.21 Å². The average Bonchev–Trinajstić information content (AvgIpc) is 2.98. The number of sulfonamides is 1. The second kappa shape index (κ2) is 6.10. The van der Waals surface area contributed by atoms with Crippen LogP contribution in [0, 0.1) is 6.92 Å². The van der Waals surface area contributed by atoms with Gasteiger partial charge in [-0.15, -0.1) is 22.7 Å². The smallest absolute Gasteiger partial charge is 0.250 e. The molecule has 5 nitrogen and oxygen atoms in total. The standard InChI is InChI=1S/C11H15N3O2S3/c1-8-3-11(18-10(8)6-12-2)19(15,16)14-5-9-4-13-7-17-9/h3-4,7,12,14H,5-6H2,1-2H3. The minimum absolute atomic E-state index is 0.283. The molecule has 0 saturated heterocycles. The number of rotatable bonds is 6. The Kier molecular flexibility index (Phi) is 4.69. The maximum absolute atomic E-state index is 12.2. The fraction of sp³-hybridized carbons (Fsp3) is 0.364. The van der Waals surface area contributed by atoms with E-state index in [9.17, 15) is 8.42 Å². The first-order valence-electron chi connectivity index (χ1n) is 5.64. The highest BCUT2D eigenvalue weighted by atomic mass is 32.2. The third-order valence-electron chi connectivity index (χ3n) is 2.52. The molecule has 2 N–H and O–H groups in total. The van der Waals surface area contributed by atoms with Crippen LogP contribution in [0.5, 0.6) is 0 Å². The number of thiophene rings is 1. The highest BCUT2D eigenvalue weighted by Crippen LogP contribution is 2.26. The molecular formula is C11H15N3O2S3. The molecule has 19 heavy (non-hydrogen) atoms. The molecule has 0 aliphatic heterocycles. The van der Waals surface area contributed by atoms with Crippen molar-refractivity contribution in [1.29, 1.82) is 0 Å². The van der Waals surface area contributed by atoms with Gasteiger partial charge in [0.2, 0.25) is 10.0 Å². The minimum atomic E-state index is -3.44. The van der Waals surface area contributed by atoms with Gasteiger partial charge in [-0.3, -0.25) is 4.98 Å². The topological polar surface area (TPSA) is 71.1 Å². The first-order valence-corrected chi connectivity index (χ1v) is 8.82. The molecule has 0 amide bonds. The van der Waals surface area contributed by atoms with Gasteiger partial charge in [0.05, 0.1) is 5.51 Å². The maximum Gasteiger partial charge on any atom is 0.250 e. The zero-order valence-corrected chi connectivity index (χ0v) is 13.1. The van der Waals surface area contributed by atoms with Gasteiger partial charge in [0.25, 0.3) is 0 Å². The lowest BCUT2D eigenvalue weighted by Crippen LogP contribution is -2.21. The lowest BCUT2D eigenvalue weighted by atomic mass is 10.3. The molecule has 2 aromatic heterocycles. The molecule has 0 radical (unpaired) electrons. The quantitative estimate of drug-likeness (QED) is 0.851. The average molecular weight is 317 g/mol. The number of thiazole rings is 1. The number of hydrogen-bond acceptors (Lipinski definition) is 6. The second-order valence-electron chi connectivity index (χ2n) is 3.99. The summed E-state index contributed by atoms with van der Waals surface area (Å²) in [5.41, 5.74) is 2.68. The highest BCUT2D eigenvalue weighted by molar-refractivity contribution is 7.91. The van der Waals surface area contributed by atoms with Crippen LogP contribution in [0.25, 0.3) is 0 Å². The number of hydrogen-bond donors (Lipinski definition) is 2. The molecule has 0 aliphatic carbocycles. The van der Waals surface area contributed by atoms with Crippen molar-refractivity contribution in [2.75, 3.05) is 7.05 Å². The fourth-order valence-electron chi connectivity index (χ4n) is 1.52. The van der Waals surface area contributed by atoms with Crippen molar-refractivity contribution in [1.82, 2.24) is 15.0 Å². The SMILES string of the molecule is CNCc1sc(S(=O)(=O)NCc2cncs2)cc1C. The van der Waals surface area contributed by atoms with Gasteiger partial charge in [-0.05, 0) is 25.6 Å². The van der Waals surface area contributed by atoms with E-state index in [1.165, 1.54) is 22.7 Å². The first-order chi connectivity index (χ1) is 9.03. The maximum atomic E-state index is 12.2. The molecule has 0 spiro atoms. The summed E-state index contributed by atoms with van der Waals surface area (Å²) < 4.78 is 27.3. The van der Waals surface area contributed by atoms with Gasteiger partial charge in [-0.2, -0.15) is 0 Å². The predicted octanol–water partition coefficient (Wildman–Crippen LogP) is 1.71. The molecule has 0 bridgehead atoms. The van der Waals surface area contributed by atoms with Crippen LogP contribution in [-0.4, -0.2) is 20.4 Å². The van der Waals surface area contributed by atoms with Crippen molar-refractivity contribution >= 4 is 32.7 Å². The van der Waals surface area contributed by atoms with Crippen molar-refractivity contribution < 1.29 is 8.42 Å². The fourth-order valence-corrected chi connectivity index (χ4v) is 4.80. The third kappa shape index (κ3) is 3.61. The monoisotopic (exact) mass is 317 g/mol. The van der Waals surface area contributed by atoms with Crippen LogP contribution in [0.2, 0.25) is 0 Å². The molecule has 0 atom stereocenters. The van der Waals surface area contributed by atoms with Crippen molar-refractivity contribution in [3.63, 3.8) is 0 Å². The van der Waals surface area contributed by atoms with E-state index in [1.807, 2.05) is 14.0 Å². The van der Waals surface area contributed by atoms with Crippen LogP contribution < -0.4 is 10.0 Å². The van der Waals surface area contributed by atoms with Crippen molar-refractivity contribution in [2.24, 2.45) is 0 Å². The summed E-state index contributed by atoms with van der Waals surface area (Å²) >= 11 is 2.73. The van der Waals surface area contributed by atoms with E-state index in [0.29, 0.717) is 10.8 Å². The Bertz CT molecular complexity index is 632. The summed E-state index contributed by atoms with van der Waals surface area (Å²) in [6.07, 6.45) is 1.67. The normalized spacial score (nSPS) is 11.9. The Balaban J connectivity index is 2.12. The van der Waals surface area contributed by atoms with Gasteiger partial charge in [-0.1, -0.05) is 0 Å². The molecule has 0 saturated carbocycles. The molecule has 2 aromatic rings. The molecule has 0 aromatic carbocycles. The minimum Gasteiger partial charge on any atom is -0.315 e. The van der Waals surface area contributed by atoms with Gasteiger partial charge in [0.15, 0.2) is 0 Å². The zero-order chi connectivity index (χ0) is 13.9. The number of aryl methyl sites for hydroxylation is 1. The van der Waals surface area contributed by atoms with Gasteiger partial charge >= 0.3 is 0 Å². The molecule has 2 heterocycles. The van der Waals surface area contributed by atoms with E-state index in [0.717, 1.165) is 15.3 Å². The molecule has 0 fully saturated rings. The lowest BCUT2D eigenvalue weighted by Gasteiger charge is -2.02. The van der Waals surface area contributed by atoms with E-state index >= 15 is 0 Å². The Labute approximate surface area is 120 Å².